The molecule has 0 saturated carbocycles. The number of hydrogen-bond acceptors (Lipinski definition) is 6. The summed E-state index contributed by atoms with van der Waals surface area (Å²) in [6.07, 6.45) is 0.810. The number of carbonyl (C=O) groups is 1. The van der Waals surface area contributed by atoms with Gasteiger partial charge in [-0.2, -0.15) is 0 Å². The predicted octanol–water partition coefficient (Wildman–Crippen LogP) is 4.56. The van der Waals surface area contributed by atoms with Gasteiger partial charge in [0, 0.05) is 11.7 Å². The fourth-order valence-corrected chi connectivity index (χ4v) is 4.37. The van der Waals surface area contributed by atoms with Gasteiger partial charge in [0.1, 0.15) is 10.4 Å². The number of nitrogens with zero attached hydrogens (tertiary/aromatic N) is 2. The second kappa shape index (κ2) is 9.25. The Kier molecular flexibility index (Phi) is 6.74. The number of thioether (sulfide) groups is 1. The highest BCUT2D eigenvalue weighted by Gasteiger charge is 2.17. The number of fused-ring (bicyclic) bond motifs is 1. The number of nitrogens with one attached hydrogen (secondary N) is 1. The van der Waals surface area contributed by atoms with E-state index < -0.39 is 0 Å². The standard InChI is InChI=1S/C20H23N3O3S2/c1-4-13(3)23-19(25)18-16(10-11-27-18)22-20(23)28-12-17(24)21-14-6-8-15(9-7-14)26-5-2/h6-11,13H,4-5,12H2,1-3H3,(H,21,24)/t13-/m1/s1. The van der Waals surface area contributed by atoms with Crippen LogP contribution in [0.25, 0.3) is 10.2 Å². The highest BCUT2D eigenvalue weighted by Crippen LogP contribution is 2.25. The molecular formula is C20H23N3O3S2. The van der Waals surface area contributed by atoms with E-state index in [9.17, 15) is 9.59 Å². The van der Waals surface area contributed by atoms with E-state index in [-0.39, 0.29) is 23.3 Å². The third-order valence-corrected chi connectivity index (χ3v) is 6.14. The Labute approximate surface area is 171 Å². The van der Waals surface area contributed by atoms with Crippen molar-refractivity contribution in [2.24, 2.45) is 0 Å². The van der Waals surface area contributed by atoms with Crippen molar-refractivity contribution in [1.29, 1.82) is 0 Å². The molecule has 0 aliphatic carbocycles. The zero-order valence-electron chi connectivity index (χ0n) is 16.1. The molecule has 0 saturated heterocycles. The molecule has 28 heavy (non-hydrogen) atoms. The summed E-state index contributed by atoms with van der Waals surface area (Å²) in [5.41, 5.74) is 1.35. The van der Waals surface area contributed by atoms with Gasteiger partial charge in [0.15, 0.2) is 5.16 Å². The summed E-state index contributed by atoms with van der Waals surface area (Å²) < 4.78 is 7.76. The Morgan fingerprint density at radius 3 is 2.71 bits per heavy atom. The summed E-state index contributed by atoms with van der Waals surface area (Å²) in [5.74, 6) is 0.788. The molecule has 2 heterocycles. The van der Waals surface area contributed by atoms with Gasteiger partial charge in [-0.05, 0) is 56.0 Å². The molecule has 2 aromatic heterocycles. The summed E-state index contributed by atoms with van der Waals surface area (Å²) in [7, 11) is 0. The molecule has 3 rings (SSSR count). The van der Waals surface area contributed by atoms with Gasteiger partial charge in [-0.1, -0.05) is 18.7 Å². The SMILES string of the molecule is CCOc1ccc(NC(=O)CSc2nc3ccsc3c(=O)n2[C@H](C)CC)cc1. The van der Waals surface area contributed by atoms with E-state index >= 15 is 0 Å². The predicted molar refractivity (Wildman–Crippen MR) is 116 cm³/mol. The zero-order chi connectivity index (χ0) is 20.1. The average Bonchev–Trinajstić information content (AvgIpc) is 3.16. The van der Waals surface area contributed by atoms with Crippen LogP contribution in [0.3, 0.4) is 0 Å². The van der Waals surface area contributed by atoms with Crippen LogP contribution in [-0.2, 0) is 4.79 Å². The maximum absolute atomic E-state index is 12.8. The molecule has 1 amide bonds. The highest BCUT2D eigenvalue weighted by atomic mass is 32.2. The van der Waals surface area contributed by atoms with Gasteiger partial charge >= 0.3 is 0 Å². The van der Waals surface area contributed by atoms with Crippen LogP contribution in [0.15, 0.2) is 45.7 Å². The van der Waals surface area contributed by atoms with Crippen LogP contribution in [-0.4, -0.2) is 27.8 Å². The van der Waals surface area contributed by atoms with Crippen molar-refractivity contribution < 1.29 is 9.53 Å². The number of thiophene rings is 1. The fraction of sp³-hybridized carbons (Fsp3) is 0.350. The number of carbonyl (C=O) groups excluding carboxylic acids is 1. The van der Waals surface area contributed by atoms with E-state index in [1.165, 1.54) is 23.1 Å². The summed E-state index contributed by atoms with van der Waals surface area (Å²) >= 11 is 2.68. The lowest BCUT2D eigenvalue weighted by atomic mass is 10.2. The molecule has 0 unspecified atom stereocenters. The van der Waals surface area contributed by atoms with Crippen molar-refractivity contribution in [2.45, 2.75) is 38.4 Å². The molecule has 0 spiro atoms. The monoisotopic (exact) mass is 417 g/mol. The van der Waals surface area contributed by atoms with E-state index in [1.807, 2.05) is 44.4 Å². The minimum Gasteiger partial charge on any atom is -0.494 e. The Bertz CT molecular complexity index is 1010. The van der Waals surface area contributed by atoms with Crippen molar-refractivity contribution in [1.82, 2.24) is 9.55 Å². The average molecular weight is 418 g/mol. The van der Waals surface area contributed by atoms with Gasteiger partial charge in [-0.15, -0.1) is 11.3 Å². The van der Waals surface area contributed by atoms with Gasteiger partial charge in [-0.3, -0.25) is 14.2 Å². The Morgan fingerprint density at radius 1 is 1.29 bits per heavy atom. The first-order valence-electron chi connectivity index (χ1n) is 9.18. The summed E-state index contributed by atoms with van der Waals surface area (Å²) in [6, 6.07) is 9.10. The minimum atomic E-state index is -0.149. The molecule has 3 aromatic rings. The first-order valence-corrected chi connectivity index (χ1v) is 11.0. The van der Waals surface area contributed by atoms with Crippen LogP contribution in [0.1, 0.15) is 33.2 Å². The third kappa shape index (κ3) is 4.56. The number of amides is 1. The van der Waals surface area contributed by atoms with Crippen LogP contribution < -0.4 is 15.6 Å². The van der Waals surface area contributed by atoms with Crippen LogP contribution in [0, 0.1) is 0 Å². The van der Waals surface area contributed by atoms with Crippen molar-refractivity contribution in [3.05, 3.63) is 46.1 Å². The summed E-state index contributed by atoms with van der Waals surface area (Å²) in [4.78, 5) is 29.8. The molecule has 1 N–H and O–H groups in total. The highest BCUT2D eigenvalue weighted by molar-refractivity contribution is 7.99. The van der Waals surface area contributed by atoms with Crippen molar-refractivity contribution in [3.63, 3.8) is 0 Å². The number of benzene rings is 1. The van der Waals surface area contributed by atoms with Crippen LogP contribution in [0.2, 0.25) is 0 Å². The van der Waals surface area contributed by atoms with Crippen molar-refractivity contribution in [2.75, 3.05) is 17.7 Å². The molecule has 0 aliphatic rings. The quantitative estimate of drug-likeness (QED) is 0.430. The number of hydrogen-bond donors (Lipinski definition) is 1. The van der Waals surface area contributed by atoms with Crippen molar-refractivity contribution in [3.8, 4) is 5.75 Å². The Balaban J connectivity index is 1.73. The summed E-state index contributed by atoms with van der Waals surface area (Å²) in [5, 5.41) is 5.31. The lowest BCUT2D eigenvalue weighted by Gasteiger charge is -2.17. The molecule has 148 valence electrons. The number of rotatable bonds is 8. The maximum Gasteiger partial charge on any atom is 0.272 e. The Hall–Kier alpha value is -2.32. The van der Waals surface area contributed by atoms with Crippen LogP contribution in [0.4, 0.5) is 5.69 Å². The van der Waals surface area contributed by atoms with Gasteiger partial charge in [0.05, 0.1) is 17.9 Å². The lowest BCUT2D eigenvalue weighted by Crippen LogP contribution is -2.26. The van der Waals surface area contributed by atoms with E-state index in [0.29, 0.717) is 27.7 Å². The third-order valence-electron chi connectivity index (χ3n) is 4.29. The normalized spacial score (nSPS) is 12.1. The molecule has 8 heteroatoms. The number of anilines is 1. The molecular weight excluding hydrogens is 394 g/mol. The van der Waals surface area contributed by atoms with Crippen LogP contribution >= 0.6 is 23.1 Å². The van der Waals surface area contributed by atoms with E-state index in [4.69, 9.17) is 4.74 Å². The smallest absolute Gasteiger partial charge is 0.272 e. The largest absolute Gasteiger partial charge is 0.494 e. The van der Waals surface area contributed by atoms with Gasteiger partial charge < -0.3 is 10.1 Å². The molecule has 0 radical (unpaired) electrons. The second-order valence-electron chi connectivity index (χ2n) is 6.26. The minimum absolute atomic E-state index is 0.0168. The van der Waals surface area contributed by atoms with Gasteiger partial charge in [0.25, 0.3) is 5.56 Å². The first kappa shape index (κ1) is 20.4. The van der Waals surface area contributed by atoms with Gasteiger partial charge in [0.2, 0.25) is 5.91 Å². The number of ether oxygens (including phenoxy) is 1. The first-order chi connectivity index (χ1) is 13.5. The summed E-state index contributed by atoms with van der Waals surface area (Å²) in [6.45, 7) is 6.55. The van der Waals surface area contributed by atoms with Crippen molar-refractivity contribution >= 4 is 44.9 Å². The molecule has 0 fully saturated rings. The zero-order valence-corrected chi connectivity index (χ0v) is 17.7. The fourth-order valence-electron chi connectivity index (χ4n) is 2.71. The molecule has 6 nitrogen and oxygen atoms in total. The lowest BCUT2D eigenvalue weighted by molar-refractivity contribution is -0.113. The molecule has 1 atom stereocenters. The van der Waals surface area contributed by atoms with Crippen LogP contribution in [0.5, 0.6) is 5.75 Å². The van der Waals surface area contributed by atoms with Gasteiger partial charge in [-0.25, -0.2) is 4.98 Å². The van der Waals surface area contributed by atoms with E-state index in [2.05, 4.69) is 10.3 Å². The Morgan fingerprint density at radius 2 is 2.04 bits per heavy atom. The second-order valence-corrected chi connectivity index (χ2v) is 8.11. The topological polar surface area (TPSA) is 73.2 Å². The number of aromatic nitrogens is 2. The maximum atomic E-state index is 12.8. The molecule has 0 bridgehead atoms. The molecule has 0 aliphatic heterocycles. The molecule has 1 aromatic carbocycles. The van der Waals surface area contributed by atoms with E-state index in [0.717, 1.165) is 12.2 Å². The van der Waals surface area contributed by atoms with E-state index in [1.54, 1.807) is 16.7 Å².